The van der Waals surface area contributed by atoms with Gasteiger partial charge in [0.1, 0.15) is 5.82 Å². The van der Waals surface area contributed by atoms with Gasteiger partial charge in [-0.3, -0.25) is 0 Å². The van der Waals surface area contributed by atoms with Gasteiger partial charge < -0.3 is 5.73 Å². The standard InChI is InChI=1S/C12H18BrFN2O2S/c1-4-5-8(2)16(3)19(17,18)12-7-11(15)10(14)6-9(12)13/h6-8H,4-5,15H2,1-3H3. The van der Waals surface area contributed by atoms with E-state index in [4.69, 9.17) is 5.73 Å². The van der Waals surface area contributed by atoms with Gasteiger partial charge in [0, 0.05) is 17.6 Å². The first-order chi connectivity index (χ1) is 8.71. The molecule has 1 atom stereocenters. The van der Waals surface area contributed by atoms with Crippen LogP contribution in [0.15, 0.2) is 21.5 Å². The predicted octanol–water partition coefficient (Wildman–Crippen LogP) is 2.98. The Kier molecular flexibility index (Phi) is 5.34. The average molecular weight is 353 g/mol. The van der Waals surface area contributed by atoms with Crippen molar-refractivity contribution in [3.8, 4) is 0 Å². The van der Waals surface area contributed by atoms with E-state index in [2.05, 4.69) is 15.9 Å². The van der Waals surface area contributed by atoms with Crippen molar-refractivity contribution in [1.82, 2.24) is 4.31 Å². The Morgan fingerprint density at radius 2 is 2.05 bits per heavy atom. The van der Waals surface area contributed by atoms with E-state index in [0.29, 0.717) is 0 Å². The van der Waals surface area contributed by atoms with Gasteiger partial charge >= 0.3 is 0 Å². The van der Waals surface area contributed by atoms with E-state index < -0.39 is 15.8 Å². The molecule has 1 unspecified atom stereocenters. The van der Waals surface area contributed by atoms with Crippen molar-refractivity contribution < 1.29 is 12.8 Å². The van der Waals surface area contributed by atoms with Crippen LogP contribution in [-0.2, 0) is 10.0 Å². The molecule has 19 heavy (non-hydrogen) atoms. The van der Waals surface area contributed by atoms with Crippen molar-refractivity contribution in [3.63, 3.8) is 0 Å². The molecule has 0 radical (unpaired) electrons. The number of nitrogens with zero attached hydrogens (tertiary/aromatic N) is 1. The number of halogens is 2. The molecule has 0 aliphatic rings. The number of hydrogen-bond donors (Lipinski definition) is 1. The lowest BCUT2D eigenvalue weighted by Gasteiger charge is -2.24. The third-order valence-electron chi connectivity index (χ3n) is 3.04. The minimum absolute atomic E-state index is 0.0168. The topological polar surface area (TPSA) is 63.4 Å². The summed E-state index contributed by atoms with van der Waals surface area (Å²) in [6.07, 6.45) is 1.64. The quantitative estimate of drug-likeness (QED) is 0.828. The molecule has 0 aliphatic carbocycles. The maximum atomic E-state index is 13.3. The van der Waals surface area contributed by atoms with Crippen LogP contribution in [0.5, 0.6) is 0 Å². The average Bonchev–Trinajstić information content (AvgIpc) is 2.32. The fraction of sp³-hybridized carbons (Fsp3) is 0.500. The lowest BCUT2D eigenvalue weighted by atomic mass is 10.2. The van der Waals surface area contributed by atoms with Gasteiger partial charge in [0.25, 0.3) is 0 Å². The molecule has 1 aromatic rings. The summed E-state index contributed by atoms with van der Waals surface area (Å²) in [4.78, 5) is -0.0168. The lowest BCUT2D eigenvalue weighted by Crippen LogP contribution is -2.35. The second-order valence-electron chi connectivity index (χ2n) is 4.46. The minimum Gasteiger partial charge on any atom is -0.396 e. The number of anilines is 1. The van der Waals surface area contributed by atoms with E-state index in [1.54, 1.807) is 0 Å². The summed E-state index contributed by atoms with van der Waals surface area (Å²) in [6.45, 7) is 3.82. The first-order valence-electron chi connectivity index (χ1n) is 5.94. The monoisotopic (exact) mass is 352 g/mol. The highest BCUT2D eigenvalue weighted by atomic mass is 79.9. The summed E-state index contributed by atoms with van der Waals surface area (Å²) in [5.74, 6) is -0.643. The van der Waals surface area contributed by atoms with Crippen molar-refractivity contribution in [2.45, 2.75) is 37.6 Å². The van der Waals surface area contributed by atoms with Crippen LogP contribution in [0.2, 0.25) is 0 Å². The zero-order chi connectivity index (χ0) is 14.8. The van der Waals surface area contributed by atoms with Gasteiger partial charge in [-0.1, -0.05) is 13.3 Å². The highest BCUT2D eigenvalue weighted by molar-refractivity contribution is 9.10. The molecule has 0 spiro atoms. The lowest BCUT2D eigenvalue weighted by molar-refractivity contribution is 0.368. The molecule has 0 bridgehead atoms. The SMILES string of the molecule is CCCC(C)N(C)S(=O)(=O)c1cc(N)c(F)cc1Br. The molecule has 0 saturated heterocycles. The Balaban J connectivity index is 3.24. The second kappa shape index (κ2) is 6.19. The molecule has 0 saturated carbocycles. The Labute approximate surface area is 122 Å². The zero-order valence-electron chi connectivity index (χ0n) is 11.2. The van der Waals surface area contributed by atoms with Crippen molar-refractivity contribution in [3.05, 3.63) is 22.4 Å². The van der Waals surface area contributed by atoms with Crippen LogP contribution in [-0.4, -0.2) is 25.8 Å². The van der Waals surface area contributed by atoms with Gasteiger partial charge in [-0.2, -0.15) is 4.31 Å². The second-order valence-corrected chi connectivity index (χ2v) is 7.28. The zero-order valence-corrected chi connectivity index (χ0v) is 13.6. The first-order valence-corrected chi connectivity index (χ1v) is 8.17. The van der Waals surface area contributed by atoms with E-state index in [-0.39, 0.29) is 21.1 Å². The maximum Gasteiger partial charge on any atom is 0.244 e. The fourth-order valence-corrected chi connectivity index (χ4v) is 4.13. The highest BCUT2D eigenvalue weighted by Crippen LogP contribution is 2.29. The van der Waals surface area contributed by atoms with E-state index in [0.717, 1.165) is 25.0 Å². The predicted molar refractivity (Wildman–Crippen MR) is 77.8 cm³/mol. The van der Waals surface area contributed by atoms with Gasteiger partial charge in [0.05, 0.1) is 10.6 Å². The number of benzene rings is 1. The molecular weight excluding hydrogens is 335 g/mol. The van der Waals surface area contributed by atoms with Crippen LogP contribution in [0, 0.1) is 5.82 Å². The smallest absolute Gasteiger partial charge is 0.244 e. The highest BCUT2D eigenvalue weighted by Gasteiger charge is 2.27. The molecule has 4 nitrogen and oxygen atoms in total. The molecule has 108 valence electrons. The third kappa shape index (κ3) is 3.46. The molecule has 1 rings (SSSR count). The van der Waals surface area contributed by atoms with E-state index in [1.807, 2.05) is 13.8 Å². The number of hydrogen-bond acceptors (Lipinski definition) is 3. The van der Waals surface area contributed by atoms with Gasteiger partial charge in [-0.25, -0.2) is 12.8 Å². The molecule has 0 aromatic heterocycles. The van der Waals surface area contributed by atoms with Gasteiger partial charge in [-0.05, 0) is 41.4 Å². The molecule has 2 N–H and O–H groups in total. The van der Waals surface area contributed by atoms with Gasteiger partial charge in [0.15, 0.2) is 0 Å². The number of sulfonamides is 1. The normalized spacial score (nSPS) is 13.8. The van der Waals surface area contributed by atoms with Crippen LogP contribution in [0.3, 0.4) is 0 Å². The van der Waals surface area contributed by atoms with Crippen LogP contribution in [0.1, 0.15) is 26.7 Å². The number of nitrogen functional groups attached to an aromatic ring is 1. The maximum absolute atomic E-state index is 13.3. The van der Waals surface area contributed by atoms with Gasteiger partial charge in [-0.15, -0.1) is 0 Å². The minimum atomic E-state index is -3.69. The van der Waals surface area contributed by atoms with Crippen molar-refractivity contribution >= 4 is 31.6 Å². The van der Waals surface area contributed by atoms with E-state index in [9.17, 15) is 12.8 Å². The van der Waals surface area contributed by atoms with Crippen LogP contribution < -0.4 is 5.73 Å². The molecule has 0 aliphatic heterocycles. The Morgan fingerprint density at radius 1 is 1.47 bits per heavy atom. The van der Waals surface area contributed by atoms with E-state index in [1.165, 1.54) is 11.4 Å². The van der Waals surface area contributed by atoms with Crippen LogP contribution >= 0.6 is 15.9 Å². The molecule has 0 fully saturated rings. The summed E-state index contributed by atoms with van der Waals surface area (Å²) in [7, 11) is -2.18. The molecule has 1 aromatic carbocycles. The molecular formula is C12H18BrFN2O2S. The fourth-order valence-electron chi connectivity index (χ4n) is 1.73. The van der Waals surface area contributed by atoms with Crippen LogP contribution in [0.25, 0.3) is 0 Å². The van der Waals surface area contributed by atoms with Crippen molar-refractivity contribution in [1.29, 1.82) is 0 Å². The molecule has 0 amide bonds. The summed E-state index contributed by atoms with van der Waals surface area (Å²) in [6, 6.07) is 2.08. The largest absolute Gasteiger partial charge is 0.396 e. The number of nitrogens with two attached hydrogens (primary N) is 1. The Bertz CT molecular complexity index is 563. The van der Waals surface area contributed by atoms with Crippen molar-refractivity contribution in [2.75, 3.05) is 12.8 Å². The molecule has 7 heteroatoms. The summed E-state index contributed by atoms with van der Waals surface area (Å²) >= 11 is 3.07. The summed E-state index contributed by atoms with van der Waals surface area (Å²) in [5.41, 5.74) is 5.26. The first kappa shape index (κ1) is 16.4. The van der Waals surface area contributed by atoms with Crippen LogP contribution in [0.4, 0.5) is 10.1 Å². The molecule has 0 heterocycles. The Hall–Kier alpha value is -0.660. The van der Waals surface area contributed by atoms with E-state index >= 15 is 0 Å². The Morgan fingerprint density at radius 3 is 2.58 bits per heavy atom. The number of rotatable bonds is 5. The van der Waals surface area contributed by atoms with Gasteiger partial charge in [0.2, 0.25) is 10.0 Å². The summed E-state index contributed by atoms with van der Waals surface area (Å²) < 4.78 is 39.6. The summed E-state index contributed by atoms with van der Waals surface area (Å²) in [5, 5.41) is 0. The third-order valence-corrected chi connectivity index (χ3v) is 5.97. The van der Waals surface area contributed by atoms with Crippen molar-refractivity contribution in [2.24, 2.45) is 0 Å².